The first-order valence-electron chi connectivity index (χ1n) is 8.64. The van der Waals surface area contributed by atoms with Crippen molar-refractivity contribution in [3.05, 3.63) is 76.8 Å². The zero-order valence-electron chi connectivity index (χ0n) is 15.4. The van der Waals surface area contributed by atoms with Crippen LogP contribution in [0.4, 0.5) is 17.2 Å². The fraction of sp³-hybridized carbons (Fsp3) is 0.100. The van der Waals surface area contributed by atoms with E-state index in [2.05, 4.69) is 25.6 Å². The smallest absolute Gasteiger partial charge is 0.265 e. The van der Waals surface area contributed by atoms with Gasteiger partial charge in [-0.1, -0.05) is 0 Å². The fourth-order valence-corrected chi connectivity index (χ4v) is 3.46. The van der Waals surface area contributed by atoms with Gasteiger partial charge in [-0.25, -0.2) is 15.0 Å². The van der Waals surface area contributed by atoms with E-state index in [9.17, 15) is 4.79 Å². The molecule has 1 amide bonds. The number of hydrogen-bond acceptors (Lipinski definition) is 6. The topological polar surface area (TPSA) is 84.7 Å². The molecular formula is C20H18N6OS. The van der Waals surface area contributed by atoms with E-state index in [0.717, 1.165) is 22.8 Å². The van der Waals surface area contributed by atoms with Gasteiger partial charge >= 0.3 is 0 Å². The molecule has 140 valence electrons. The van der Waals surface area contributed by atoms with Gasteiger partial charge < -0.3 is 10.6 Å². The second-order valence-corrected chi connectivity index (χ2v) is 7.18. The first kappa shape index (κ1) is 17.9. The van der Waals surface area contributed by atoms with E-state index in [1.165, 1.54) is 11.3 Å². The summed E-state index contributed by atoms with van der Waals surface area (Å²) in [6, 6.07) is 11.2. The molecule has 0 aliphatic carbocycles. The Morgan fingerprint density at radius 2 is 1.86 bits per heavy atom. The van der Waals surface area contributed by atoms with E-state index in [-0.39, 0.29) is 5.91 Å². The van der Waals surface area contributed by atoms with Crippen LogP contribution in [0.2, 0.25) is 0 Å². The molecule has 0 fully saturated rings. The van der Waals surface area contributed by atoms with Crippen molar-refractivity contribution in [1.29, 1.82) is 0 Å². The van der Waals surface area contributed by atoms with Crippen LogP contribution in [0.25, 0.3) is 5.82 Å². The van der Waals surface area contributed by atoms with Gasteiger partial charge in [0.15, 0.2) is 0 Å². The van der Waals surface area contributed by atoms with Crippen LogP contribution in [-0.4, -0.2) is 25.4 Å². The number of thiophene rings is 1. The highest BCUT2D eigenvalue weighted by atomic mass is 32.1. The Hall–Kier alpha value is -3.52. The minimum atomic E-state index is -0.102. The van der Waals surface area contributed by atoms with Gasteiger partial charge in [-0.3, -0.25) is 9.36 Å². The molecule has 0 unspecified atom stereocenters. The lowest BCUT2D eigenvalue weighted by molar-refractivity contribution is 0.103. The zero-order valence-corrected chi connectivity index (χ0v) is 16.2. The third-order valence-electron chi connectivity index (χ3n) is 3.96. The fourth-order valence-electron chi connectivity index (χ4n) is 2.67. The molecule has 0 aliphatic heterocycles. The number of amides is 1. The maximum Gasteiger partial charge on any atom is 0.265 e. The molecule has 2 N–H and O–H groups in total. The van der Waals surface area contributed by atoms with Crippen LogP contribution in [0, 0.1) is 13.8 Å². The Balaban J connectivity index is 1.47. The van der Waals surface area contributed by atoms with Crippen LogP contribution in [0.3, 0.4) is 0 Å². The summed E-state index contributed by atoms with van der Waals surface area (Å²) in [7, 11) is 0. The summed E-state index contributed by atoms with van der Waals surface area (Å²) < 4.78 is 1.82. The molecule has 0 saturated carbocycles. The molecule has 0 radical (unpaired) electrons. The van der Waals surface area contributed by atoms with Gasteiger partial charge in [0.2, 0.25) is 0 Å². The molecule has 0 bridgehead atoms. The number of carbonyl (C=O) groups is 1. The second-order valence-electron chi connectivity index (χ2n) is 6.27. The lowest BCUT2D eigenvalue weighted by Crippen LogP contribution is -2.10. The number of aryl methyl sites for hydroxylation is 2. The Kier molecular flexibility index (Phi) is 4.86. The van der Waals surface area contributed by atoms with E-state index < -0.39 is 0 Å². The summed E-state index contributed by atoms with van der Waals surface area (Å²) in [5, 5.41) is 8.14. The van der Waals surface area contributed by atoms with Crippen LogP contribution < -0.4 is 10.6 Å². The Labute approximate surface area is 166 Å². The second kappa shape index (κ2) is 7.61. The minimum absolute atomic E-state index is 0.102. The predicted octanol–water partition coefficient (Wildman–Crippen LogP) is 4.34. The van der Waals surface area contributed by atoms with Gasteiger partial charge in [0, 0.05) is 29.8 Å². The molecule has 28 heavy (non-hydrogen) atoms. The zero-order chi connectivity index (χ0) is 19.5. The molecule has 0 atom stereocenters. The number of rotatable bonds is 5. The monoisotopic (exact) mass is 390 g/mol. The highest BCUT2D eigenvalue weighted by Gasteiger charge is 2.09. The van der Waals surface area contributed by atoms with E-state index in [1.807, 2.05) is 66.4 Å². The third-order valence-corrected chi connectivity index (χ3v) is 5.01. The van der Waals surface area contributed by atoms with Gasteiger partial charge in [-0.05, 0) is 55.1 Å². The molecule has 7 nitrogen and oxygen atoms in total. The van der Waals surface area contributed by atoms with Gasteiger partial charge in [-0.2, -0.15) is 0 Å². The summed E-state index contributed by atoms with van der Waals surface area (Å²) in [6.45, 7) is 3.82. The van der Waals surface area contributed by atoms with Gasteiger partial charge in [0.1, 0.15) is 23.8 Å². The van der Waals surface area contributed by atoms with Crippen molar-refractivity contribution >= 4 is 34.4 Å². The highest BCUT2D eigenvalue weighted by molar-refractivity contribution is 7.12. The molecule has 3 aromatic heterocycles. The van der Waals surface area contributed by atoms with E-state index in [0.29, 0.717) is 16.5 Å². The van der Waals surface area contributed by atoms with E-state index in [4.69, 9.17) is 0 Å². The molecule has 4 rings (SSSR count). The minimum Gasteiger partial charge on any atom is -0.340 e. The molecule has 1 aromatic carbocycles. The van der Waals surface area contributed by atoms with Crippen LogP contribution in [-0.2, 0) is 0 Å². The molecule has 8 heteroatoms. The van der Waals surface area contributed by atoms with Crippen molar-refractivity contribution in [2.45, 2.75) is 13.8 Å². The number of aromatic nitrogens is 4. The molecule has 0 saturated heterocycles. The Bertz CT molecular complexity index is 1100. The first-order valence-corrected chi connectivity index (χ1v) is 9.52. The van der Waals surface area contributed by atoms with Gasteiger partial charge in [0.25, 0.3) is 5.91 Å². The largest absolute Gasteiger partial charge is 0.340 e. The van der Waals surface area contributed by atoms with Crippen molar-refractivity contribution in [3.63, 3.8) is 0 Å². The first-order chi connectivity index (χ1) is 13.6. The number of nitrogens with one attached hydrogen (secondary N) is 2. The number of imidazole rings is 1. The van der Waals surface area contributed by atoms with Gasteiger partial charge in [0.05, 0.1) is 4.88 Å². The summed E-state index contributed by atoms with van der Waals surface area (Å²) in [5.41, 5.74) is 2.68. The molecular weight excluding hydrogens is 372 g/mol. The normalized spacial score (nSPS) is 10.6. The summed E-state index contributed by atoms with van der Waals surface area (Å²) in [4.78, 5) is 25.8. The highest BCUT2D eigenvalue weighted by Crippen LogP contribution is 2.21. The molecule has 0 aliphatic rings. The number of benzene rings is 1. The lowest BCUT2D eigenvalue weighted by atomic mass is 10.2. The predicted molar refractivity (Wildman–Crippen MR) is 111 cm³/mol. The van der Waals surface area contributed by atoms with Crippen molar-refractivity contribution in [2.75, 3.05) is 10.6 Å². The molecule has 0 spiro atoms. The van der Waals surface area contributed by atoms with Crippen LogP contribution in [0.1, 0.15) is 21.1 Å². The summed E-state index contributed by atoms with van der Waals surface area (Å²) in [5.74, 6) is 1.98. The maximum atomic E-state index is 12.3. The standard InChI is InChI=1S/C20H18N6OS/c1-13-9-17(28-11-13)20(27)25-16-5-3-15(4-6-16)24-18-10-19(23-14(2)22-18)26-8-7-21-12-26/h3-12H,1-2H3,(H,25,27)(H,22,23,24). The van der Waals surface area contributed by atoms with Crippen LogP contribution in [0.15, 0.2) is 60.5 Å². The van der Waals surface area contributed by atoms with E-state index in [1.54, 1.807) is 12.5 Å². The van der Waals surface area contributed by atoms with Crippen molar-refractivity contribution in [2.24, 2.45) is 0 Å². The van der Waals surface area contributed by atoms with Crippen molar-refractivity contribution in [3.8, 4) is 5.82 Å². The average Bonchev–Trinajstić information content (AvgIpc) is 3.35. The third kappa shape index (κ3) is 4.07. The number of hydrogen-bond donors (Lipinski definition) is 2. The maximum absolute atomic E-state index is 12.3. The Morgan fingerprint density at radius 1 is 1.07 bits per heavy atom. The van der Waals surface area contributed by atoms with Crippen molar-refractivity contribution < 1.29 is 4.79 Å². The number of anilines is 3. The number of carbonyl (C=O) groups excluding carboxylic acids is 1. The lowest BCUT2D eigenvalue weighted by Gasteiger charge is -2.10. The quantitative estimate of drug-likeness (QED) is 0.530. The summed E-state index contributed by atoms with van der Waals surface area (Å²) >= 11 is 1.44. The van der Waals surface area contributed by atoms with Crippen LogP contribution >= 0.6 is 11.3 Å². The van der Waals surface area contributed by atoms with Crippen molar-refractivity contribution in [1.82, 2.24) is 19.5 Å². The Morgan fingerprint density at radius 3 is 2.54 bits per heavy atom. The molecule has 3 heterocycles. The summed E-state index contributed by atoms with van der Waals surface area (Å²) in [6.07, 6.45) is 5.23. The number of nitrogens with zero attached hydrogens (tertiary/aromatic N) is 4. The SMILES string of the molecule is Cc1csc(C(=O)Nc2ccc(Nc3cc(-n4ccnc4)nc(C)n3)cc2)c1. The van der Waals surface area contributed by atoms with Crippen LogP contribution in [0.5, 0.6) is 0 Å². The average molecular weight is 390 g/mol. The van der Waals surface area contributed by atoms with E-state index >= 15 is 0 Å². The van der Waals surface area contributed by atoms with Gasteiger partial charge in [-0.15, -0.1) is 11.3 Å². The molecule has 4 aromatic rings.